The van der Waals surface area contributed by atoms with Gasteiger partial charge in [-0.1, -0.05) is 78.7 Å². The van der Waals surface area contributed by atoms with Crippen LogP contribution >= 0.6 is 23.2 Å². The van der Waals surface area contributed by atoms with Gasteiger partial charge in [0.2, 0.25) is 0 Å². The molecule has 3 aromatic carbocycles. The quantitative estimate of drug-likeness (QED) is 0.172. The van der Waals surface area contributed by atoms with Gasteiger partial charge in [0, 0.05) is 65.3 Å². The number of fused-ring (bicyclic) bond motifs is 3. The van der Waals surface area contributed by atoms with Crippen LogP contribution in [0.2, 0.25) is 10.0 Å². The second-order valence-corrected chi connectivity index (χ2v) is 13.0. The molecule has 1 aromatic heterocycles. The second kappa shape index (κ2) is 13.3. The van der Waals surface area contributed by atoms with Crippen molar-refractivity contribution in [3.8, 4) is 0 Å². The maximum atomic E-state index is 13.3. The van der Waals surface area contributed by atoms with E-state index in [4.69, 9.17) is 23.2 Å². The first kappa shape index (κ1) is 29.9. The fourth-order valence-electron chi connectivity index (χ4n) is 7.39. The van der Waals surface area contributed by atoms with Gasteiger partial charge in [0.1, 0.15) is 0 Å². The fourth-order valence-corrected chi connectivity index (χ4v) is 7.92. The number of ketones is 1. The van der Waals surface area contributed by atoms with Crippen molar-refractivity contribution in [1.29, 1.82) is 0 Å². The number of amides is 1. The summed E-state index contributed by atoms with van der Waals surface area (Å²) in [5, 5.41) is 5.16. The van der Waals surface area contributed by atoms with Crippen LogP contribution in [0, 0.1) is 5.92 Å². The summed E-state index contributed by atoms with van der Waals surface area (Å²) in [7, 11) is 0. The molecule has 4 aromatic rings. The summed E-state index contributed by atoms with van der Waals surface area (Å²) < 4.78 is 2.30. The highest BCUT2D eigenvalue weighted by Gasteiger charge is 2.40. The van der Waals surface area contributed by atoms with Gasteiger partial charge in [-0.25, -0.2) is 0 Å². The van der Waals surface area contributed by atoms with Crippen LogP contribution in [-0.4, -0.2) is 39.8 Å². The van der Waals surface area contributed by atoms with Crippen molar-refractivity contribution in [1.82, 2.24) is 14.8 Å². The summed E-state index contributed by atoms with van der Waals surface area (Å²) >= 11 is 12.3. The molecule has 2 bridgehead atoms. The standard InChI is InChI=1S/C36H39Cl2N3O2/c1-2-26-10-6-11-32-33(36(43)39-22-24-8-4-3-5-9-24)23-40(35(26)32)14-7-15-41-30-12-13-31(41)17-25(16-30)18-34(42)27-19-28(37)21-29(38)20-27/h3-6,8-11,19-21,23,25,30-31H,2,7,12-18,22H2,1H3,(H,39,43)/t25-,30+,31-. The van der Waals surface area contributed by atoms with Crippen molar-refractivity contribution in [3.05, 3.63) is 105 Å². The Labute approximate surface area is 264 Å². The van der Waals surface area contributed by atoms with E-state index in [0.29, 0.717) is 46.6 Å². The van der Waals surface area contributed by atoms with Crippen LogP contribution < -0.4 is 5.32 Å². The van der Waals surface area contributed by atoms with Crippen LogP contribution in [-0.2, 0) is 19.5 Å². The molecule has 0 unspecified atom stereocenters. The maximum absolute atomic E-state index is 13.3. The Bertz CT molecular complexity index is 1580. The number of Topliss-reactive ketones (excluding diaryl/α,β-unsaturated/α-hetero) is 1. The lowest BCUT2D eigenvalue weighted by molar-refractivity contribution is 0.0807. The van der Waals surface area contributed by atoms with E-state index in [9.17, 15) is 9.59 Å². The molecule has 2 aliphatic rings. The van der Waals surface area contributed by atoms with Gasteiger partial charge < -0.3 is 9.88 Å². The molecule has 0 saturated carbocycles. The molecule has 1 amide bonds. The van der Waals surface area contributed by atoms with Crippen molar-refractivity contribution in [2.75, 3.05) is 6.54 Å². The number of benzene rings is 3. The molecule has 1 N–H and O–H groups in total. The van der Waals surface area contributed by atoms with E-state index in [1.807, 2.05) is 30.3 Å². The van der Waals surface area contributed by atoms with Gasteiger partial charge in [0.05, 0.1) is 11.1 Å². The van der Waals surface area contributed by atoms with Gasteiger partial charge in [-0.3, -0.25) is 14.5 Å². The van der Waals surface area contributed by atoms with Gasteiger partial charge in [-0.05, 0) is 73.8 Å². The van der Waals surface area contributed by atoms with Crippen LogP contribution in [0.15, 0.2) is 72.9 Å². The average Bonchev–Trinajstić information content (AvgIpc) is 3.49. The van der Waals surface area contributed by atoms with Crippen molar-refractivity contribution >= 4 is 45.8 Å². The molecule has 6 rings (SSSR count). The molecule has 5 nitrogen and oxygen atoms in total. The Morgan fingerprint density at radius 3 is 2.33 bits per heavy atom. The number of halogens is 2. The number of carbonyl (C=O) groups is 2. The predicted octanol–water partition coefficient (Wildman–Crippen LogP) is 8.35. The SMILES string of the molecule is CCc1cccc2c(C(=O)NCc3ccccc3)cn(CCCN3[C@@H]4CC[C@H]3C[C@@H](CC(=O)c3cc(Cl)cc(Cl)c3)C4)c12. The summed E-state index contributed by atoms with van der Waals surface area (Å²) in [6.07, 6.45) is 9.09. The van der Waals surface area contributed by atoms with Crippen LogP contribution in [0.5, 0.6) is 0 Å². The molecule has 2 saturated heterocycles. The van der Waals surface area contributed by atoms with Crippen LogP contribution in [0.4, 0.5) is 0 Å². The maximum Gasteiger partial charge on any atom is 0.253 e. The minimum atomic E-state index is -0.0319. The summed E-state index contributed by atoms with van der Waals surface area (Å²) in [4.78, 5) is 29.0. The Balaban J connectivity index is 1.09. The lowest BCUT2D eigenvalue weighted by Gasteiger charge is -2.39. The van der Waals surface area contributed by atoms with Crippen molar-refractivity contribution < 1.29 is 9.59 Å². The van der Waals surface area contributed by atoms with Crippen molar-refractivity contribution in [2.24, 2.45) is 5.92 Å². The minimum absolute atomic E-state index is 0.0319. The number of hydrogen-bond acceptors (Lipinski definition) is 3. The smallest absolute Gasteiger partial charge is 0.253 e. The van der Waals surface area contributed by atoms with Crippen molar-refractivity contribution in [2.45, 2.75) is 77.0 Å². The Hall–Kier alpha value is -3.12. The molecule has 224 valence electrons. The monoisotopic (exact) mass is 615 g/mol. The number of nitrogens with one attached hydrogen (secondary N) is 1. The zero-order chi connectivity index (χ0) is 29.9. The summed E-state index contributed by atoms with van der Waals surface area (Å²) in [5.41, 5.74) is 4.89. The van der Waals surface area contributed by atoms with E-state index >= 15 is 0 Å². The third-order valence-corrected chi connectivity index (χ3v) is 9.80. The first-order chi connectivity index (χ1) is 20.9. The number of carbonyl (C=O) groups excluding carboxylic acids is 2. The van der Waals surface area contributed by atoms with Gasteiger partial charge in [0.25, 0.3) is 5.91 Å². The zero-order valence-electron chi connectivity index (χ0n) is 24.7. The van der Waals surface area contributed by atoms with Crippen LogP contribution in [0.25, 0.3) is 10.9 Å². The first-order valence-corrected chi connectivity index (χ1v) is 16.3. The first-order valence-electron chi connectivity index (χ1n) is 15.6. The molecule has 3 heterocycles. The number of aryl methyl sites for hydroxylation is 2. The van der Waals surface area contributed by atoms with Gasteiger partial charge >= 0.3 is 0 Å². The second-order valence-electron chi connectivity index (χ2n) is 12.2. The third-order valence-electron chi connectivity index (χ3n) is 9.36. The Morgan fingerprint density at radius 2 is 1.63 bits per heavy atom. The molecule has 7 heteroatoms. The number of para-hydroxylation sites is 1. The molecular weight excluding hydrogens is 577 g/mol. The summed E-state index contributed by atoms with van der Waals surface area (Å²) in [6, 6.07) is 22.5. The fraction of sp³-hybridized carbons (Fsp3) is 0.389. The third kappa shape index (κ3) is 6.69. The van der Waals surface area contributed by atoms with Crippen LogP contribution in [0.1, 0.15) is 77.3 Å². The summed E-state index contributed by atoms with van der Waals surface area (Å²) in [5.74, 6) is 0.504. The van der Waals surface area contributed by atoms with E-state index in [1.54, 1.807) is 18.2 Å². The normalized spacial score (nSPS) is 20.0. The van der Waals surface area contributed by atoms with Gasteiger partial charge in [-0.15, -0.1) is 0 Å². The average molecular weight is 617 g/mol. The van der Waals surface area contributed by atoms with E-state index in [1.165, 1.54) is 23.9 Å². The molecule has 0 aliphatic carbocycles. The van der Waals surface area contributed by atoms with Crippen molar-refractivity contribution in [3.63, 3.8) is 0 Å². The molecule has 0 spiro atoms. The lowest BCUT2D eigenvalue weighted by atomic mass is 9.85. The molecule has 2 fully saturated rings. The highest BCUT2D eigenvalue weighted by Crippen LogP contribution is 2.40. The predicted molar refractivity (Wildman–Crippen MR) is 175 cm³/mol. The van der Waals surface area contributed by atoms with Gasteiger partial charge in [-0.2, -0.15) is 0 Å². The Kier molecular flexibility index (Phi) is 9.22. The lowest BCUT2D eigenvalue weighted by Crippen LogP contribution is -2.43. The molecule has 3 atom stereocenters. The topological polar surface area (TPSA) is 54.3 Å². The van der Waals surface area contributed by atoms with E-state index in [-0.39, 0.29) is 11.7 Å². The largest absolute Gasteiger partial charge is 0.348 e. The van der Waals surface area contributed by atoms with Crippen LogP contribution in [0.3, 0.4) is 0 Å². The number of piperidine rings is 1. The van der Waals surface area contributed by atoms with E-state index in [0.717, 1.165) is 55.3 Å². The van der Waals surface area contributed by atoms with E-state index < -0.39 is 0 Å². The van der Waals surface area contributed by atoms with E-state index in [2.05, 4.69) is 46.1 Å². The number of nitrogens with zero attached hydrogens (tertiary/aromatic N) is 2. The number of hydrogen-bond donors (Lipinski definition) is 1. The Morgan fingerprint density at radius 1 is 0.907 bits per heavy atom. The highest BCUT2D eigenvalue weighted by atomic mass is 35.5. The number of rotatable bonds is 11. The highest BCUT2D eigenvalue weighted by molar-refractivity contribution is 6.35. The molecule has 2 aliphatic heterocycles. The molecular formula is C36H39Cl2N3O2. The zero-order valence-corrected chi connectivity index (χ0v) is 26.2. The summed E-state index contributed by atoms with van der Waals surface area (Å²) in [6.45, 7) is 4.59. The number of aromatic nitrogens is 1. The molecule has 43 heavy (non-hydrogen) atoms. The molecule has 0 radical (unpaired) electrons. The minimum Gasteiger partial charge on any atom is -0.348 e. The van der Waals surface area contributed by atoms with Gasteiger partial charge in [0.15, 0.2) is 5.78 Å².